The molecule has 2 aliphatic carbocycles. The molecular weight excluding hydrogens is 248 g/mol. The van der Waals surface area contributed by atoms with Crippen molar-refractivity contribution in [1.82, 2.24) is 0 Å². The highest BCUT2D eigenvalue weighted by atomic mass is 28.4. The van der Waals surface area contributed by atoms with Crippen molar-refractivity contribution in [3.05, 3.63) is 41.2 Å². The number of fused-ring (bicyclic) bond motifs is 1. The van der Waals surface area contributed by atoms with Crippen LogP contribution in [0, 0.1) is 0 Å². The van der Waals surface area contributed by atoms with Gasteiger partial charge in [0.1, 0.15) is 0 Å². The van der Waals surface area contributed by atoms with Gasteiger partial charge in [-0.05, 0) is 48.7 Å². The molecule has 1 aromatic carbocycles. The lowest BCUT2D eigenvalue weighted by Crippen LogP contribution is -2.37. The number of hydrogen-bond donors (Lipinski definition) is 0. The molecule has 1 fully saturated rings. The lowest BCUT2D eigenvalue weighted by molar-refractivity contribution is 0.370. The highest BCUT2D eigenvalue weighted by Crippen LogP contribution is 2.39. The van der Waals surface area contributed by atoms with Crippen LogP contribution in [0.25, 0.3) is 6.08 Å². The molecule has 0 unspecified atom stereocenters. The second-order valence-corrected chi connectivity index (χ2v) is 10.8. The Bertz CT molecular complexity index is 484. The average molecular weight is 272 g/mol. The lowest BCUT2D eigenvalue weighted by Gasteiger charge is -2.35. The van der Waals surface area contributed by atoms with Gasteiger partial charge in [0, 0.05) is 6.42 Å². The van der Waals surface area contributed by atoms with Crippen LogP contribution in [0.4, 0.5) is 0 Å². The standard InChI is InChI=1S/C17H24OSi/c1-19(2,17-10-4-3-5-11-17)18-16-12-14-8-6-7-9-15(14)13-16/h6-9,12,17H,3-5,10-11,13H2,1-2H3. The quantitative estimate of drug-likeness (QED) is 0.692. The van der Waals surface area contributed by atoms with E-state index in [-0.39, 0.29) is 0 Å². The van der Waals surface area contributed by atoms with Crippen LogP contribution in [-0.2, 0) is 10.8 Å². The average Bonchev–Trinajstić information content (AvgIpc) is 2.81. The number of hydrogen-bond acceptors (Lipinski definition) is 1. The molecule has 2 aliphatic rings. The van der Waals surface area contributed by atoms with E-state index in [1.807, 2.05) is 0 Å². The molecule has 0 aliphatic heterocycles. The summed E-state index contributed by atoms with van der Waals surface area (Å²) in [5.74, 6) is 1.21. The van der Waals surface area contributed by atoms with Crippen LogP contribution < -0.4 is 0 Å². The van der Waals surface area contributed by atoms with Crippen molar-refractivity contribution >= 4 is 14.4 Å². The van der Waals surface area contributed by atoms with Crippen molar-refractivity contribution < 1.29 is 4.43 Å². The van der Waals surface area contributed by atoms with Gasteiger partial charge < -0.3 is 4.43 Å². The fraction of sp³-hybridized carbons (Fsp3) is 0.529. The molecule has 0 bridgehead atoms. The third-order valence-electron chi connectivity index (χ3n) is 4.72. The van der Waals surface area contributed by atoms with Crippen molar-refractivity contribution in [3.8, 4) is 0 Å². The van der Waals surface area contributed by atoms with E-state index >= 15 is 0 Å². The largest absolute Gasteiger partial charge is 0.546 e. The van der Waals surface area contributed by atoms with Gasteiger partial charge in [0.25, 0.3) is 0 Å². The summed E-state index contributed by atoms with van der Waals surface area (Å²) in [5, 5.41) is 0. The maximum absolute atomic E-state index is 6.52. The van der Waals surface area contributed by atoms with Crippen molar-refractivity contribution in [2.24, 2.45) is 0 Å². The molecule has 0 aromatic heterocycles. The Hall–Kier alpha value is -1.02. The van der Waals surface area contributed by atoms with Gasteiger partial charge in [-0.3, -0.25) is 0 Å². The Balaban J connectivity index is 1.69. The maximum atomic E-state index is 6.52. The minimum absolute atomic E-state index is 0.853. The van der Waals surface area contributed by atoms with Gasteiger partial charge in [-0.1, -0.05) is 43.5 Å². The van der Waals surface area contributed by atoms with E-state index < -0.39 is 8.32 Å². The number of benzene rings is 1. The van der Waals surface area contributed by atoms with Gasteiger partial charge in [-0.25, -0.2) is 0 Å². The van der Waals surface area contributed by atoms with Crippen molar-refractivity contribution in [3.63, 3.8) is 0 Å². The van der Waals surface area contributed by atoms with Gasteiger partial charge in [-0.15, -0.1) is 0 Å². The number of allylic oxidation sites excluding steroid dienone is 1. The molecule has 19 heavy (non-hydrogen) atoms. The van der Waals surface area contributed by atoms with E-state index in [0.29, 0.717) is 0 Å². The first-order chi connectivity index (χ1) is 9.15. The Morgan fingerprint density at radius 2 is 1.79 bits per heavy atom. The summed E-state index contributed by atoms with van der Waals surface area (Å²) in [6.07, 6.45) is 10.3. The molecule has 3 rings (SSSR count). The van der Waals surface area contributed by atoms with E-state index in [2.05, 4.69) is 43.4 Å². The first kappa shape index (κ1) is 13.0. The molecule has 0 saturated heterocycles. The van der Waals surface area contributed by atoms with Gasteiger partial charge in [0.05, 0.1) is 5.76 Å². The zero-order valence-electron chi connectivity index (χ0n) is 12.1. The van der Waals surface area contributed by atoms with Gasteiger partial charge in [0.15, 0.2) is 0 Å². The number of rotatable bonds is 3. The molecule has 1 saturated carbocycles. The van der Waals surface area contributed by atoms with E-state index in [1.165, 1.54) is 49.0 Å². The lowest BCUT2D eigenvalue weighted by atomic mass is 10.0. The van der Waals surface area contributed by atoms with Crippen molar-refractivity contribution in [2.75, 3.05) is 0 Å². The zero-order chi connectivity index (χ0) is 13.3. The van der Waals surface area contributed by atoms with Crippen LogP contribution in [0.5, 0.6) is 0 Å². The molecule has 2 heteroatoms. The summed E-state index contributed by atoms with van der Waals surface area (Å²) in [7, 11) is -1.57. The van der Waals surface area contributed by atoms with Crippen molar-refractivity contribution in [2.45, 2.75) is 57.2 Å². The highest BCUT2D eigenvalue weighted by molar-refractivity contribution is 6.73. The second-order valence-electron chi connectivity index (χ2n) is 6.53. The van der Waals surface area contributed by atoms with Gasteiger partial charge in [0.2, 0.25) is 8.32 Å². The van der Waals surface area contributed by atoms with Crippen LogP contribution in [0.3, 0.4) is 0 Å². The molecular formula is C17H24OSi. The predicted octanol–water partition coefficient (Wildman–Crippen LogP) is 5.14. The summed E-state index contributed by atoms with van der Waals surface area (Å²) < 4.78 is 6.52. The summed E-state index contributed by atoms with van der Waals surface area (Å²) in [6.45, 7) is 4.82. The van der Waals surface area contributed by atoms with Gasteiger partial charge >= 0.3 is 0 Å². The van der Waals surface area contributed by atoms with Gasteiger partial charge in [-0.2, -0.15) is 0 Å². The van der Waals surface area contributed by atoms with Crippen LogP contribution in [0.1, 0.15) is 43.2 Å². The topological polar surface area (TPSA) is 9.23 Å². The monoisotopic (exact) mass is 272 g/mol. The maximum Gasteiger partial charge on any atom is 0.247 e. The molecule has 1 nitrogen and oxygen atoms in total. The minimum Gasteiger partial charge on any atom is -0.546 e. The SMILES string of the molecule is C[Si](C)(OC1=Cc2ccccc2C1)C1CCCCC1. The molecule has 0 radical (unpaired) electrons. The second kappa shape index (κ2) is 5.16. The first-order valence-electron chi connectivity index (χ1n) is 7.63. The Kier molecular flexibility index (Phi) is 3.53. The Morgan fingerprint density at radius 3 is 2.53 bits per heavy atom. The fourth-order valence-electron chi connectivity index (χ4n) is 3.53. The van der Waals surface area contributed by atoms with Crippen LogP contribution in [0.2, 0.25) is 18.6 Å². The van der Waals surface area contributed by atoms with Crippen LogP contribution in [-0.4, -0.2) is 8.32 Å². The predicted molar refractivity (Wildman–Crippen MR) is 83.5 cm³/mol. The van der Waals surface area contributed by atoms with Crippen molar-refractivity contribution in [1.29, 1.82) is 0 Å². The third kappa shape index (κ3) is 2.79. The Morgan fingerprint density at radius 1 is 1.05 bits per heavy atom. The summed E-state index contributed by atoms with van der Waals surface area (Å²) in [4.78, 5) is 0. The molecule has 102 valence electrons. The minimum atomic E-state index is -1.57. The van der Waals surface area contributed by atoms with E-state index in [1.54, 1.807) is 0 Å². The van der Waals surface area contributed by atoms with E-state index in [0.717, 1.165) is 12.0 Å². The van der Waals surface area contributed by atoms with Crippen LogP contribution >= 0.6 is 0 Å². The van der Waals surface area contributed by atoms with E-state index in [9.17, 15) is 0 Å². The first-order valence-corrected chi connectivity index (χ1v) is 10.6. The molecule has 0 N–H and O–H groups in total. The Labute approximate surface area is 117 Å². The van der Waals surface area contributed by atoms with Crippen LogP contribution in [0.15, 0.2) is 30.0 Å². The normalized spacial score (nSPS) is 20.0. The molecule has 0 atom stereocenters. The molecule has 0 heterocycles. The highest BCUT2D eigenvalue weighted by Gasteiger charge is 2.37. The molecule has 0 amide bonds. The smallest absolute Gasteiger partial charge is 0.247 e. The third-order valence-corrected chi connectivity index (χ3v) is 8.05. The molecule has 1 aromatic rings. The zero-order valence-corrected chi connectivity index (χ0v) is 13.1. The fourth-order valence-corrected chi connectivity index (χ4v) is 6.30. The van der Waals surface area contributed by atoms with E-state index in [4.69, 9.17) is 4.43 Å². The summed E-state index contributed by atoms with van der Waals surface area (Å²) in [6, 6.07) is 8.65. The summed E-state index contributed by atoms with van der Waals surface area (Å²) in [5.41, 5.74) is 3.63. The summed E-state index contributed by atoms with van der Waals surface area (Å²) >= 11 is 0. The molecule has 0 spiro atoms.